The van der Waals surface area contributed by atoms with Gasteiger partial charge < -0.3 is 15.0 Å². The third kappa shape index (κ3) is 4.79. The molecule has 34 heavy (non-hydrogen) atoms. The predicted octanol–water partition coefficient (Wildman–Crippen LogP) is 3.45. The van der Waals surface area contributed by atoms with Crippen molar-refractivity contribution >= 4 is 22.5 Å². The zero-order valence-corrected chi connectivity index (χ0v) is 20.3. The molecule has 0 spiro atoms. The number of nitrogens with one attached hydrogen (secondary N) is 2. The highest BCUT2D eigenvalue weighted by Gasteiger charge is 2.28. The second-order valence-corrected chi connectivity index (χ2v) is 10.3. The Labute approximate surface area is 200 Å². The maximum Gasteiger partial charge on any atom is 0.272 e. The number of pyridine rings is 1. The molecule has 0 saturated carbocycles. The van der Waals surface area contributed by atoms with E-state index >= 15 is 0 Å². The molecule has 180 valence electrons. The van der Waals surface area contributed by atoms with Gasteiger partial charge in [0.1, 0.15) is 0 Å². The number of carbonyl (C=O) groups is 1. The molecule has 2 N–H and O–H groups in total. The third-order valence-electron chi connectivity index (χ3n) is 6.99. The Morgan fingerprint density at radius 1 is 1.06 bits per heavy atom. The molecule has 2 aliphatic rings. The zero-order valence-electron chi connectivity index (χ0n) is 20.3. The molecule has 1 aromatic carbocycles. The highest BCUT2D eigenvalue weighted by molar-refractivity contribution is 6.05. The number of piperidine rings is 1. The van der Waals surface area contributed by atoms with Crippen LogP contribution in [-0.4, -0.2) is 77.0 Å². The predicted molar refractivity (Wildman–Crippen MR) is 134 cm³/mol. The van der Waals surface area contributed by atoms with E-state index in [1.807, 2.05) is 30.6 Å². The van der Waals surface area contributed by atoms with Gasteiger partial charge in [-0.15, -0.1) is 0 Å². The smallest absolute Gasteiger partial charge is 0.272 e. The summed E-state index contributed by atoms with van der Waals surface area (Å²) in [4.78, 5) is 22.4. The Kier molecular flexibility index (Phi) is 6.27. The summed E-state index contributed by atoms with van der Waals surface area (Å²) in [5.41, 5.74) is 4.60. The van der Waals surface area contributed by atoms with Crippen LogP contribution in [0.25, 0.3) is 22.0 Å². The van der Waals surface area contributed by atoms with E-state index < -0.39 is 0 Å². The Morgan fingerprint density at radius 3 is 2.56 bits per heavy atom. The van der Waals surface area contributed by atoms with Crippen molar-refractivity contribution in [1.29, 1.82) is 0 Å². The minimum absolute atomic E-state index is 0.113. The lowest BCUT2D eigenvalue weighted by Gasteiger charge is -2.40. The number of amides is 1. The van der Waals surface area contributed by atoms with E-state index in [-0.39, 0.29) is 17.5 Å². The quantitative estimate of drug-likeness (QED) is 0.618. The second kappa shape index (κ2) is 9.35. The lowest BCUT2D eigenvalue weighted by atomic mass is 9.98. The van der Waals surface area contributed by atoms with Crippen LogP contribution in [0.3, 0.4) is 0 Å². The van der Waals surface area contributed by atoms with Crippen LogP contribution in [-0.2, 0) is 4.74 Å². The van der Waals surface area contributed by atoms with E-state index in [1.165, 1.54) is 0 Å². The average Bonchev–Trinajstić information content (AvgIpc) is 3.28. The molecule has 2 saturated heterocycles. The van der Waals surface area contributed by atoms with Crippen molar-refractivity contribution in [3.8, 4) is 11.1 Å². The minimum atomic E-state index is -0.113. The van der Waals surface area contributed by atoms with Gasteiger partial charge in [-0.25, -0.2) is 0 Å². The first-order valence-corrected chi connectivity index (χ1v) is 12.2. The van der Waals surface area contributed by atoms with Gasteiger partial charge in [-0.05, 0) is 57.4 Å². The largest absolute Gasteiger partial charge is 0.378 e. The number of benzene rings is 1. The average molecular weight is 463 g/mol. The van der Waals surface area contributed by atoms with E-state index in [0.717, 1.165) is 80.0 Å². The Balaban J connectivity index is 1.33. The molecule has 8 nitrogen and oxygen atoms in total. The fraction of sp³-hybridized carbons (Fsp3) is 0.500. The second-order valence-electron chi connectivity index (χ2n) is 10.3. The van der Waals surface area contributed by atoms with Gasteiger partial charge in [0.25, 0.3) is 5.91 Å². The first kappa shape index (κ1) is 22.8. The third-order valence-corrected chi connectivity index (χ3v) is 6.99. The number of rotatable bonds is 4. The number of anilines is 1. The first-order valence-electron chi connectivity index (χ1n) is 12.2. The Hall–Kier alpha value is -2.97. The van der Waals surface area contributed by atoms with Crippen LogP contribution in [0.2, 0.25) is 0 Å². The number of fused-ring (bicyclic) bond motifs is 1. The highest BCUT2D eigenvalue weighted by atomic mass is 16.5. The van der Waals surface area contributed by atoms with Crippen molar-refractivity contribution in [3.05, 3.63) is 42.4 Å². The molecule has 8 heteroatoms. The molecule has 5 rings (SSSR count). The van der Waals surface area contributed by atoms with Crippen LogP contribution < -0.4 is 10.2 Å². The van der Waals surface area contributed by atoms with Crippen molar-refractivity contribution in [1.82, 2.24) is 25.4 Å². The monoisotopic (exact) mass is 462 g/mol. The van der Waals surface area contributed by atoms with Crippen LogP contribution in [0, 0.1) is 0 Å². The van der Waals surface area contributed by atoms with Gasteiger partial charge in [-0.1, -0.05) is 6.07 Å². The fourth-order valence-electron chi connectivity index (χ4n) is 4.90. The van der Waals surface area contributed by atoms with E-state index in [1.54, 1.807) is 0 Å². The summed E-state index contributed by atoms with van der Waals surface area (Å²) in [7, 11) is 0. The maximum atomic E-state index is 13.1. The number of nitrogens with zero attached hydrogens (tertiary/aromatic N) is 4. The molecule has 0 bridgehead atoms. The van der Waals surface area contributed by atoms with E-state index in [0.29, 0.717) is 5.69 Å². The van der Waals surface area contributed by atoms with Crippen molar-refractivity contribution < 1.29 is 9.53 Å². The van der Waals surface area contributed by atoms with Gasteiger partial charge in [-0.3, -0.25) is 19.8 Å². The van der Waals surface area contributed by atoms with E-state index in [2.05, 4.69) is 57.1 Å². The molecular weight excluding hydrogens is 428 g/mol. The fourth-order valence-corrected chi connectivity index (χ4v) is 4.90. The minimum Gasteiger partial charge on any atom is -0.378 e. The molecule has 2 aromatic heterocycles. The molecule has 0 aliphatic carbocycles. The zero-order chi connectivity index (χ0) is 23.7. The molecule has 0 unspecified atom stereocenters. The number of morpholine rings is 1. The molecule has 2 fully saturated rings. The normalized spacial score (nSPS) is 18.4. The van der Waals surface area contributed by atoms with Crippen molar-refractivity contribution in [2.45, 2.75) is 45.2 Å². The van der Waals surface area contributed by atoms with Gasteiger partial charge in [0.2, 0.25) is 0 Å². The number of likely N-dealkylation sites (tertiary alicyclic amines) is 1. The molecule has 4 heterocycles. The molecule has 2 aliphatic heterocycles. The summed E-state index contributed by atoms with van der Waals surface area (Å²) in [6.07, 6.45) is 5.68. The van der Waals surface area contributed by atoms with Crippen LogP contribution in [0.15, 0.2) is 36.7 Å². The summed E-state index contributed by atoms with van der Waals surface area (Å²) in [5.74, 6) is -0.113. The Bertz CT molecular complexity index is 1150. The maximum absolute atomic E-state index is 13.1. The summed E-state index contributed by atoms with van der Waals surface area (Å²) >= 11 is 0. The van der Waals surface area contributed by atoms with Gasteiger partial charge in [0, 0.05) is 54.9 Å². The van der Waals surface area contributed by atoms with Gasteiger partial charge in [-0.2, -0.15) is 5.10 Å². The number of aromatic amines is 1. The van der Waals surface area contributed by atoms with Crippen molar-refractivity contribution in [2.24, 2.45) is 0 Å². The lowest BCUT2D eigenvalue weighted by molar-refractivity contribution is 0.0810. The Morgan fingerprint density at radius 2 is 1.82 bits per heavy atom. The standard InChI is InChI=1S/C26H34N6O2/c1-26(2,3)32-8-6-20(7-9-32)28-25(33)24-22-15-18(4-5-23(22)29-30-24)19-14-21(17-27-16-19)31-10-12-34-13-11-31/h4-5,14-17,20H,6-13H2,1-3H3,(H,28,33)(H,29,30). The first-order chi connectivity index (χ1) is 16.4. The number of H-pyrrole nitrogens is 1. The lowest BCUT2D eigenvalue weighted by Crippen LogP contribution is -2.50. The van der Waals surface area contributed by atoms with Crippen molar-refractivity contribution in [2.75, 3.05) is 44.3 Å². The number of carbonyl (C=O) groups excluding carboxylic acids is 1. The topological polar surface area (TPSA) is 86.4 Å². The van der Waals surface area contributed by atoms with E-state index in [9.17, 15) is 4.79 Å². The highest BCUT2D eigenvalue weighted by Crippen LogP contribution is 2.28. The summed E-state index contributed by atoms with van der Waals surface area (Å²) in [5, 5.41) is 11.4. The molecule has 1 amide bonds. The molecule has 0 atom stereocenters. The van der Waals surface area contributed by atoms with Crippen LogP contribution in [0.1, 0.15) is 44.1 Å². The molecular formula is C26H34N6O2. The van der Waals surface area contributed by atoms with Gasteiger partial charge >= 0.3 is 0 Å². The summed E-state index contributed by atoms with van der Waals surface area (Å²) in [6.45, 7) is 11.9. The van der Waals surface area contributed by atoms with Crippen LogP contribution >= 0.6 is 0 Å². The van der Waals surface area contributed by atoms with Crippen LogP contribution in [0.4, 0.5) is 5.69 Å². The van der Waals surface area contributed by atoms with Gasteiger partial charge in [0.15, 0.2) is 5.69 Å². The number of hydrogen-bond acceptors (Lipinski definition) is 6. The molecule has 3 aromatic rings. The van der Waals surface area contributed by atoms with Crippen LogP contribution in [0.5, 0.6) is 0 Å². The number of aromatic nitrogens is 3. The number of hydrogen-bond donors (Lipinski definition) is 2. The van der Waals surface area contributed by atoms with E-state index in [4.69, 9.17) is 4.74 Å². The number of ether oxygens (including phenoxy) is 1. The summed E-state index contributed by atoms with van der Waals surface area (Å²) in [6, 6.07) is 8.40. The van der Waals surface area contributed by atoms with Gasteiger partial charge in [0.05, 0.1) is 30.6 Å². The SMILES string of the molecule is CC(C)(C)N1CCC(NC(=O)c2n[nH]c3ccc(-c4cncc(N5CCOCC5)c4)cc23)CC1. The molecule has 0 radical (unpaired) electrons. The van der Waals surface area contributed by atoms with Crippen molar-refractivity contribution in [3.63, 3.8) is 0 Å². The summed E-state index contributed by atoms with van der Waals surface area (Å²) < 4.78 is 5.47.